The summed E-state index contributed by atoms with van der Waals surface area (Å²) < 4.78 is 0. The third kappa shape index (κ3) is 6.59. The number of fused-ring (bicyclic) bond motifs is 6. The lowest BCUT2D eigenvalue weighted by Gasteiger charge is -2.34. The number of benzene rings is 8. The monoisotopic (exact) mass is 817 g/mol. The Balaban J connectivity index is 1.21. The topological polar surface area (TPSA) is 3.24 Å². The smallest absolute Gasteiger partial charge is 0.0540 e. The van der Waals surface area contributed by atoms with Crippen molar-refractivity contribution in [2.24, 2.45) is 0 Å². The zero-order chi connectivity index (χ0) is 44.1. The third-order valence-electron chi connectivity index (χ3n) is 14.1. The molecule has 0 unspecified atom stereocenters. The summed E-state index contributed by atoms with van der Waals surface area (Å²) in [6.45, 7) is 23.8. The van der Waals surface area contributed by atoms with Gasteiger partial charge in [0.25, 0.3) is 0 Å². The molecule has 0 saturated heterocycles. The zero-order valence-electron chi connectivity index (χ0n) is 38.7. The van der Waals surface area contributed by atoms with Crippen LogP contribution in [0.3, 0.4) is 0 Å². The summed E-state index contributed by atoms with van der Waals surface area (Å²) in [5.41, 5.74) is 24.2. The Kier molecular flexibility index (Phi) is 9.39. The number of nitrogens with zero attached hydrogens (tertiary/aromatic N) is 1. The van der Waals surface area contributed by atoms with Gasteiger partial charge in [0.1, 0.15) is 0 Å². The first-order chi connectivity index (χ1) is 30.0. The molecule has 0 aromatic heterocycles. The van der Waals surface area contributed by atoms with Crippen LogP contribution in [0.2, 0.25) is 0 Å². The summed E-state index contributed by atoms with van der Waals surface area (Å²) in [6, 6.07) is 66.2. The van der Waals surface area contributed by atoms with Gasteiger partial charge in [0.15, 0.2) is 0 Å². The van der Waals surface area contributed by atoms with Crippen molar-refractivity contribution >= 4 is 17.1 Å². The molecule has 63 heavy (non-hydrogen) atoms. The molecule has 0 N–H and O–H groups in total. The first-order valence-electron chi connectivity index (χ1n) is 22.8. The van der Waals surface area contributed by atoms with E-state index in [1.54, 1.807) is 0 Å². The maximum atomic E-state index is 2.52. The van der Waals surface area contributed by atoms with E-state index in [4.69, 9.17) is 0 Å². The van der Waals surface area contributed by atoms with Gasteiger partial charge in [0, 0.05) is 27.8 Å². The van der Waals surface area contributed by atoms with E-state index in [1.165, 1.54) is 89.0 Å². The molecule has 0 aliphatic heterocycles. The molecule has 0 heterocycles. The second-order valence-corrected chi connectivity index (χ2v) is 21.0. The number of rotatable bonds is 6. The largest absolute Gasteiger partial charge is 0.310 e. The molecule has 8 aromatic rings. The summed E-state index contributed by atoms with van der Waals surface area (Å²) in [5.74, 6) is 0. The Hall–Kier alpha value is -6.44. The molecular formula is C62H59N. The maximum Gasteiger partial charge on any atom is 0.0540 e. The molecule has 10 rings (SSSR count). The molecule has 0 atom stereocenters. The van der Waals surface area contributed by atoms with Crippen LogP contribution in [0.25, 0.3) is 55.6 Å². The minimum absolute atomic E-state index is 0.0758. The van der Waals surface area contributed by atoms with Crippen LogP contribution in [-0.2, 0) is 21.7 Å². The number of hydrogen-bond acceptors (Lipinski definition) is 1. The van der Waals surface area contributed by atoms with Crippen molar-refractivity contribution in [3.8, 4) is 55.6 Å². The summed E-state index contributed by atoms with van der Waals surface area (Å²) in [6.07, 6.45) is 0. The second kappa shape index (κ2) is 14.6. The molecule has 0 bridgehead atoms. The molecule has 1 nitrogen and oxygen atoms in total. The maximum absolute atomic E-state index is 2.52. The summed E-state index contributed by atoms with van der Waals surface area (Å²) in [5, 5.41) is 0. The van der Waals surface area contributed by atoms with E-state index in [2.05, 4.69) is 250 Å². The van der Waals surface area contributed by atoms with Crippen LogP contribution in [0.1, 0.15) is 103 Å². The van der Waals surface area contributed by atoms with Crippen LogP contribution >= 0.6 is 0 Å². The Bertz CT molecular complexity index is 3040. The molecule has 312 valence electrons. The van der Waals surface area contributed by atoms with Crippen molar-refractivity contribution in [2.45, 2.75) is 90.9 Å². The van der Waals surface area contributed by atoms with Crippen LogP contribution in [-0.4, -0.2) is 0 Å². The number of anilines is 3. The van der Waals surface area contributed by atoms with Gasteiger partial charge in [0.05, 0.1) is 5.69 Å². The quantitative estimate of drug-likeness (QED) is 0.162. The minimum atomic E-state index is -0.284. The van der Waals surface area contributed by atoms with Crippen molar-refractivity contribution in [3.05, 3.63) is 209 Å². The molecule has 1 heteroatoms. The first kappa shape index (κ1) is 40.6. The molecule has 0 amide bonds. The van der Waals surface area contributed by atoms with Gasteiger partial charge in [0.2, 0.25) is 0 Å². The van der Waals surface area contributed by atoms with Crippen LogP contribution in [0.5, 0.6) is 0 Å². The molecule has 0 spiro atoms. The molecule has 2 aliphatic carbocycles. The predicted molar refractivity (Wildman–Crippen MR) is 270 cm³/mol. The lowest BCUT2D eigenvalue weighted by Crippen LogP contribution is -2.25. The van der Waals surface area contributed by atoms with Crippen LogP contribution in [0.4, 0.5) is 17.1 Å². The highest BCUT2D eigenvalue weighted by atomic mass is 15.1. The molecule has 0 saturated carbocycles. The average molecular weight is 818 g/mol. The van der Waals surface area contributed by atoms with E-state index in [9.17, 15) is 0 Å². The lowest BCUT2D eigenvalue weighted by atomic mass is 9.69. The predicted octanol–water partition coefficient (Wildman–Crippen LogP) is 17.4. The Morgan fingerprint density at radius 3 is 1.46 bits per heavy atom. The van der Waals surface area contributed by atoms with Gasteiger partial charge in [-0.15, -0.1) is 0 Å². The Labute approximate surface area is 376 Å². The van der Waals surface area contributed by atoms with Gasteiger partial charge in [-0.3, -0.25) is 0 Å². The highest BCUT2D eigenvalue weighted by molar-refractivity contribution is 5.97. The van der Waals surface area contributed by atoms with E-state index >= 15 is 0 Å². The lowest BCUT2D eigenvalue weighted by molar-refractivity contribution is 0.558. The van der Waals surface area contributed by atoms with Crippen molar-refractivity contribution in [1.29, 1.82) is 0 Å². The van der Waals surface area contributed by atoms with E-state index in [0.29, 0.717) is 0 Å². The highest BCUT2D eigenvalue weighted by Crippen LogP contribution is 2.58. The molecule has 8 aromatic carbocycles. The molecule has 0 radical (unpaired) electrons. The fraction of sp³-hybridized carbons (Fsp3) is 0.226. The molecular weight excluding hydrogens is 759 g/mol. The number of para-hydroxylation sites is 1. The summed E-state index contributed by atoms with van der Waals surface area (Å²) >= 11 is 0. The summed E-state index contributed by atoms with van der Waals surface area (Å²) in [7, 11) is 0. The van der Waals surface area contributed by atoms with Gasteiger partial charge in [-0.05, 0) is 131 Å². The first-order valence-corrected chi connectivity index (χ1v) is 22.8. The highest BCUT2D eigenvalue weighted by Gasteiger charge is 2.43. The average Bonchev–Trinajstić information content (AvgIpc) is 3.64. The van der Waals surface area contributed by atoms with Crippen LogP contribution in [0, 0.1) is 0 Å². The zero-order valence-corrected chi connectivity index (χ0v) is 38.7. The normalized spacial score (nSPS) is 14.4. The van der Waals surface area contributed by atoms with Gasteiger partial charge in [-0.25, -0.2) is 0 Å². The van der Waals surface area contributed by atoms with Gasteiger partial charge < -0.3 is 4.90 Å². The Morgan fingerprint density at radius 2 is 0.857 bits per heavy atom. The molecule has 0 fully saturated rings. The van der Waals surface area contributed by atoms with Crippen molar-refractivity contribution in [1.82, 2.24) is 0 Å². The minimum Gasteiger partial charge on any atom is -0.310 e. The Morgan fingerprint density at radius 1 is 0.365 bits per heavy atom. The van der Waals surface area contributed by atoms with E-state index in [-0.39, 0.29) is 21.7 Å². The third-order valence-corrected chi connectivity index (χ3v) is 14.1. The van der Waals surface area contributed by atoms with Crippen molar-refractivity contribution in [2.75, 3.05) is 4.90 Å². The summed E-state index contributed by atoms with van der Waals surface area (Å²) in [4.78, 5) is 2.52. The van der Waals surface area contributed by atoms with Crippen molar-refractivity contribution in [3.63, 3.8) is 0 Å². The fourth-order valence-electron chi connectivity index (χ4n) is 10.9. The van der Waals surface area contributed by atoms with E-state index in [1.807, 2.05) is 0 Å². The van der Waals surface area contributed by atoms with Crippen molar-refractivity contribution < 1.29 is 0 Å². The number of hydrogen-bond donors (Lipinski definition) is 0. The van der Waals surface area contributed by atoms with Crippen LogP contribution in [0.15, 0.2) is 176 Å². The van der Waals surface area contributed by atoms with E-state index < -0.39 is 0 Å². The van der Waals surface area contributed by atoms with Gasteiger partial charge in [-0.2, -0.15) is 0 Å². The standard InChI is InChI=1S/C62H59N/c1-59(2,3)43-31-29-41(30-32-43)50-39-51-49-36-34-45(38-54(49)62(9,10)57(51)58(60(4,5)6)56(50)42-23-15-12-16-24-42)63(55-28-20-18-25-46(55)40-21-13-11-14-22-40)44-33-35-48-47-26-17-19-27-52(47)61(7,8)53(48)37-44/h11-39H,1-10H3. The van der Waals surface area contributed by atoms with E-state index in [0.717, 1.165) is 17.1 Å². The SMILES string of the molecule is CC(C)(C)c1ccc(-c2cc3c(c(C(C)(C)C)c2-c2ccccc2)C(C)(C)c2cc(N(c4ccc5c(c4)C(C)(C)c4ccccc4-5)c4ccccc4-c4ccccc4)ccc2-3)cc1. The second-order valence-electron chi connectivity index (χ2n) is 21.0. The fourth-order valence-corrected chi connectivity index (χ4v) is 10.9. The van der Waals surface area contributed by atoms with Gasteiger partial charge in [-0.1, -0.05) is 209 Å². The van der Waals surface area contributed by atoms with Gasteiger partial charge >= 0.3 is 0 Å². The van der Waals surface area contributed by atoms with Crippen LogP contribution < -0.4 is 4.90 Å². The molecule has 2 aliphatic rings.